The van der Waals surface area contributed by atoms with Gasteiger partial charge in [0.05, 0.1) is 0 Å². The zero-order valence-corrected chi connectivity index (χ0v) is 10.7. The fourth-order valence-corrected chi connectivity index (χ4v) is 1.86. The first-order valence-corrected chi connectivity index (χ1v) is 6.44. The van der Waals surface area contributed by atoms with E-state index in [1.807, 2.05) is 18.5 Å². The van der Waals surface area contributed by atoms with Crippen LogP contribution in [0.4, 0.5) is 13.2 Å². The molecule has 0 saturated carbocycles. The molecule has 0 aliphatic carbocycles. The van der Waals surface area contributed by atoms with Crippen LogP contribution >= 0.6 is 11.8 Å². The Bertz CT molecular complexity index is 334. The zero-order valence-electron chi connectivity index (χ0n) is 9.92. The number of halogens is 3. The van der Waals surface area contributed by atoms with Gasteiger partial charge in [0.1, 0.15) is 0 Å². The van der Waals surface area contributed by atoms with Crippen LogP contribution in [0, 0.1) is 0 Å². The molecule has 98 valence electrons. The van der Waals surface area contributed by atoms with E-state index in [4.69, 9.17) is 0 Å². The SMILES string of the molecule is CC(C)NCc1ccn(CCSC(F)(F)F)c1. The smallest absolute Gasteiger partial charge is 0.353 e. The summed E-state index contributed by atoms with van der Waals surface area (Å²) in [5.74, 6) is 0.0508. The van der Waals surface area contributed by atoms with Gasteiger partial charge < -0.3 is 9.88 Å². The van der Waals surface area contributed by atoms with Crippen molar-refractivity contribution in [2.75, 3.05) is 5.75 Å². The van der Waals surface area contributed by atoms with Crippen molar-refractivity contribution in [3.05, 3.63) is 24.0 Å². The molecule has 0 unspecified atom stereocenters. The van der Waals surface area contributed by atoms with E-state index in [0.717, 1.165) is 12.1 Å². The van der Waals surface area contributed by atoms with E-state index >= 15 is 0 Å². The lowest BCUT2D eigenvalue weighted by Gasteiger charge is -2.07. The molecule has 1 rings (SSSR count). The summed E-state index contributed by atoms with van der Waals surface area (Å²) in [5, 5.41) is 3.26. The largest absolute Gasteiger partial charge is 0.441 e. The van der Waals surface area contributed by atoms with E-state index in [0.29, 0.717) is 12.6 Å². The van der Waals surface area contributed by atoms with Gasteiger partial charge in [0, 0.05) is 37.3 Å². The van der Waals surface area contributed by atoms with Crippen LogP contribution < -0.4 is 5.32 Å². The van der Waals surface area contributed by atoms with Crippen LogP contribution in [-0.4, -0.2) is 21.9 Å². The van der Waals surface area contributed by atoms with Gasteiger partial charge in [0.15, 0.2) is 0 Å². The summed E-state index contributed by atoms with van der Waals surface area (Å²) in [4.78, 5) is 0. The van der Waals surface area contributed by atoms with Gasteiger partial charge in [-0.2, -0.15) is 13.2 Å². The molecular formula is C11H17F3N2S. The lowest BCUT2D eigenvalue weighted by atomic mass is 10.3. The average Bonchev–Trinajstić information content (AvgIpc) is 2.61. The first kappa shape index (κ1) is 14.4. The Morgan fingerprint density at radius 2 is 2.12 bits per heavy atom. The number of nitrogens with one attached hydrogen (secondary N) is 1. The maximum atomic E-state index is 11.9. The third kappa shape index (κ3) is 6.63. The highest BCUT2D eigenvalue weighted by Crippen LogP contribution is 2.29. The minimum atomic E-state index is -4.13. The number of hydrogen-bond acceptors (Lipinski definition) is 2. The van der Waals surface area contributed by atoms with Gasteiger partial charge in [0.25, 0.3) is 0 Å². The molecule has 6 heteroatoms. The summed E-state index contributed by atoms with van der Waals surface area (Å²) in [5.41, 5.74) is -3.04. The minimum Gasteiger partial charge on any atom is -0.353 e. The second-order valence-corrected chi connectivity index (χ2v) is 5.25. The fourth-order valence-electron chi connectivity index (χ4n) is 1.32. The van der Waals surface area contributed by atoms with Gasteiger partial charge in [-0.15, -0.1) is 0 Å². The Hall–Kier alpha value is -0.620. The lowest BCUT2D eigenvalue weighted by molar-refractivity contribution is -0.0328. The summed E-state index contributed by atoms with van der Waals surface area (Å²) >= 11 is 0.0195. The highest BCUT2D eigenvalue weighted by Gasteiger charge is 2.27. The molecule has 2 nitrogen and oxygen atoms in total. The van der Waals surface area contributed by atoms with Crippen molar-refractivity contribution >= 4 is 11.8 Å². The summed E-state index contributed by atoms with van der Waals surface area (Å²) in [6.07, 6.45) is 3.70. The fraction of sp³-hybridized carbons (Fsp3) is 0.636. The van der Waals surface area contributed by atoms with Crippen molar-refractivity contribution in [2.45, 2.75) is 38.5 Å². The number of alkyl halides is 3. The molecule has 0 aromatic carbocycles. The van der Waals surface area contributed by atoms with Gasteiger partial charge in [0.2, 0.25) is 0 Å². The van der Waals surface area contributed by atoms with E-state index in [-0.39, 0.29) is 17.5 Å². The van der Waals surface area contributed by atoms with Crippen molar-refractivity contribution in [1.29, 1.82) is 0 Å². The van der Waals surface area contributed by atoms with Gasteiger partial charge in [-0.05, 0) is 23.4 Å². The van der Waals surface area contributed by atoms with Gasteiger partial charge in [-0.25, -0.2) is 0 Å². The number of aryl methyl sites for hydroxylation is 1. The van der Waals surface area contributed by atoms with E-state index in [1.165, 1.54) is 0 Å². The summed E-state index contributed by atoms with van der Waals surface area (Å²) in [6, 6.07) is 2.33. The first-order chi connectivity index (χ1) is 7.87. The third-order valence-electron chi connectivity index (χ3n) is 2.14. The van der Waals surface area contributed by atoms with Crippen LogP contribution in [0.5, 0.6) is 0 Å². The molecule has 0 saturated heterocycles. The molecule has 0 spiro atoms. The Kier molecular flexibility index (Phi) is 5.39. The molecule has 1 N–H and O–H groups in total. The Morgan fingerprint density at radius 3 is 2.71 bits per heavy atom. The van der Waals surface area contributed by atoms with Crippen molar-refractivity contribution in [3.63, 3.8) is 0 Å². The molecule has 0 aliphatic rings. The van der Waals surface area contributed by atoms with Crippen molar-refractivity contribution in [2.24, 2.45) is 0 Å². The topological polar surface area (TPSA) is 17.0 Å². The summed E-state index contributed by atoms with van der Waals surface area (Å²) < 4.78 is 37.5. The molecule has 17 heavy (non-hydrogen) atoms. The lowest BCUT2D eigenvalue weighted by Crippen LogP contribution is -2.21. The standard InChI is InChI=1S/C11H17F3N2S/c1-9(2)15-7-10-3-4-16(8-10)5-6-17-11(12,13)14/h3-4,8-9,15H,5-7H2,1-2H3. The second kappa shape index (κ2) is 6.35. The Balaban J connectivity index is 2.31. The normalized spacial score (nSPS) is 12.4. The summed E-state index contributed by atoms with van der Waals surface area (Å²) in [6.45, 7) is 5.23. The zero-order chi connectivity index (χ0) is 12.9. The number of rotatable bonds is 6. The maximum absolute atomic E-state index is 11.9. The van der Waals surface area contributed by atoms with Crippen LogP contribution in [0.2, 0.25) is 0 Å². The minimum absolute atomic E-state index is 0.0195. The number of thioether (sulfide) groups is 1. The third-order valence-corrected chi connectivity index (χ3v) is 2.86. The Labute approximate surface area is 104 Å². The Morgan fingerprint density at radius 1 is 1.41 bits per heavy atom. The van der Waals surface area contributed by atoms with E-state index in [2.05, 4.69) is 19.2 Å². The monoisotopic (exact) mass is 266 g/mol. The van der Waals surface area contributed by atoms with Gasteiger partial charge in [-0.3, -0.25) is 0 Å². The molecule has 1 aromatic rings. The first-order valence-electron chi connectivity index (χ1n) is 5.45. The van der Waals surface area contributed by atoms with Crippen LogP contribution in [0.15, 0.2) is 18.5 Å². The van der Waals surface area contributed by atoms with E-state index in [1.54, 1.807) is 4.57 Å². The molecule has 0 radical (unpaired) electrons. The van der Waals surface area contributed by atoms with Crippen molar-refractivity contribution < 1.29 is 13.2 Å². The molecule has 0 fully saturated rings. The van der Waals surface area contributed by atoms with Crippen molar-refractivity contribution in [1.82, 2.24) is 9.88 Å². The molecule has 0 aliphatic heterocycles. The average molecular weight is 266 g/mol. The predicted octanol–water partition coefficient (Wildman–Crippen LogP) is 3.24. The molecule has 0 bridgehead atoms. The van der Waals surface area contributed by atoms with Crippen LogP contribution in [0.3, 0.4) is 0 Å². The predicted molar refractivity (Wildman–Crippen MR) is 64.9 cm³/mol. The van der Waals surface area contributed by atoms with E-state index in [9.17, 15) is 13.2 Å². The van der Waals surface area contributed by atoms with Crippen LogP contribution in [0.25, 0.3) is 0 Å². The molecular weight excluding hydrogens is 249 g/mol. The highest BCUT2D eigenvalue weighted by molar-refractivity contribution is 8.00. The number of hydrogen-bond donors (Lipinski definition) is 1. The van der Waals surface area contributed by atoms with E-state index < -0.39 is 5.51 Å². The molecule has 0 atom stereocenters. The quantitative estimate of drug-likeness (QED) is 0.851. The second-order valence-electron chi connectivity index (χ2n) is 4.09. The molecule has 0 amide bonds. The van der Waals surface area contributed by atoms with Gasteiger partial charge in [-0.1, -0.05) is 13.8 Å². The highest BCUT2D eigenvalue weighted by atomic mass is 32.2. The number of nitrogens with zero attached hydrogens (tertiary/aromatic N) is 1. The molecule has 1 aromatic heterocycles. The van der Waals surface area contributed by atoms with Crippen LogP contribution in [0.1, 0.15) is 19.4 Å². The van der Waals surface area contributed by atoms with Gasteiger partial charge >= 0.3 is 5.51 Å². The maximum Gasteiger partial charge on any atom is 0.441 e. The van der Waals surface area contributed by atoms with Crippen LogP contribution in [-0.2, 0) is 13.1 Å². The molecule has 1 heterocycles. The number of aromatic nitrogens is 1. The van der Waals surface area contributed by atoms with Crippen molar-refractivity contribution in [3.8, 4) is 0 Å². The summed E-state index contributed by atoms with van der Waals surface area (Å²) in [7, 11) is 0.